The van der Waals surface area contributed by atoms with E-state index in [-0.39, 0.29) is 29.6 Å². The molecule has 1 aromatic heterocycles. The Morgan fingerprint density at radius 3 is 2.63 bits per heavy atom. The van der Waals surface area contributed by atoms with Crippen molar-refractivity contribution < 1.29 is 19.6 Å². The van der Waals surface area contributed by atoms with Crippen LogP contribution in [-0.2, 0) is 11.8 Å². The van der Waals surface area contributed by atoms with Crippen LogP contribution in [0.3, 0.4) is 0 Å². The minimum Gasteiger partial charge on any atom is -0.481 e. The van der Waals surface area contributed by atoms with E-state index in [9.17, 15) is 19.7 Å². The summed E-state index contributed by atoms with van der Waals surface area (Å²) in [4.78, 5) is 34.1. The Hall–Kier alpha value is -2.38. The lowest BCUT2D eigenvalue weighted by molar-refractivity contribution is -0.384. The molecule has 8 heteroatoms. The van der Waals surface area contributed by atoms with Crippen molar-refractivity contribution in [2.45, 2.75) is 6.42 Å². The van der Waals surface area contributed by atoms with Gasteiger partial charge in [-0.3, -0.25) is 19.7 Å². The molecule has 1 N–H and O–H groups in total. The maximum atomic E-state index is 12.1. The van der Waals surface area contributed by atoms with Crippen LogP contribution in [0.2, 0.25) is 0 Å². The number of nitrogens with zero attached hydrogens (tertiary/aromatic N) is 3. The van der Waals surface area contributed by atoms with Crippen molar-refractivity contribution in [3.8, 4) is 0 Å². The highest BCUT2D eigenvalue weighted by atomic mass is 16.6. The molecule has 0 saturated carbocycles. The number of aryl methyl sites for hydroxylation is 1. The highest BCUT2D eigenvalue weighted by molar-refractivity contribution is 5.94. The monoisotopic (exact) mass is 267 g/mol. The first-order valence-corrected chi connectivity index (χ1v) is 5.70. The molecule has 19 heavy (non-hydrogen) atoms. The first kappa shape index (κ1) is 13.1. The van der Waals surface area contributed by atoms with Crippen molar-refractivity contribution in [1.29, 1.82) is 0 Å². The van der Waals surface area contributed by atoms with Crippen LogP contribution in [0.25, 0.3) is 0 Å². The van der Waals surface area contributed by atoms with Crippen LogP contribution >= 0.6 is 0 Å². The summed E-state index contributed by atoms with van der Waals surface area (Å²) in [5.74, 6) is -1.22. The lowest BCUT2D eigenvalue weighted by Crippen LogP contribution is -2.50. The number of rotatable bonds is 4. The van der Waals surface area contributed by atoms with E-state index in [4.69, 9.17) is 5.11 Å². The van der Waals surface area contributed by atoms with E-state index in [2.05, 4.69) is 0 Å². The predicted molar refractivity (Wildman–Crippen MR) is 63.7 cm³/mol. The summed E-state index contributed by atoms with van der Waals surface area (Å²) >= 11 is 0. The van der Waals surface area contributed by atoms with E-state index in [1.54, 1.807) is 7.05 Å². The molecule has 0 atom stereocenters. The van der Waals surface area contributed by atoms with Gasteiger partial charge in [-0.05, 0) is 0 Å². The third kappa shape index (κ3) is 2.56. The van der Waals surface area contributed by atoms with Crippen LogP contribution in [0.5, 0.6) is 0 Å². The Morgan fingerprint density at radius 2 is 2.16 bits per heavy atom. The zero-order valence-corrected chi connectivity index (χ0v) is 10.3. The highest BCUT2D eigenvalue weighted by Crippen LogP contribution is 2.23. The summed E-state index contributed by atoms with van der Waals surface area (Å²) in [6.45, 7) is 0.758. The van der Waals surface area contributed by atoms with Gasteiger partial charge in [-0.15, -0.1) is 0 Å². The topological polar surface area (TPSA) is 106 Å². The zero-order chi connectivity index (χ0) is 14.2. The number of aliphatic carboxylic acids is 1. The largest absolute Gasteiger partial charge is 0.481 e. The standard InChI is InChI=1S/C11H13N3O5/c1-12-6-8(14(18)19)3-9(12)11(17)13-4-7(5-13)2-10(15)16/h3,6-7H,2,4-5H2,1H3,(H,15,16). The normalized spacial score (nSPS) is 15.1. The summed E-state index contributed by atoms with van der Waals surface area (Å²) in [5, 5.41) is 19.2. The molecule has 0 spiro atoms. The Kier molecular flexibility index (Phi) is 3.24. The third-order valence-electron chi connectivity index (χ3n) is 3.13. The number of amides is 1. The fourth-order valence-electron chi connectivity index (χ4n) is 2.13. The minimum absolute atomic E-state index is 0.0308. The van der Waals surface area contributed by atoms with E-state index >= 15 is 0 Å². The van der Waals surface area contributed by atoms with E-state index in [1.807, 2.05) is 0 Å². The molecule has 0 radical (unpaired) electrons. The number of carbonyl (C=O) groups excluding carboxylic acids is 1. The summed E-state index contributed by atoms with van der Waals surface area (Å²) in [6, 6.07) is 1.23. The lowest BCUT2D eigenvalue weighted by Gasteiger charge is -2.38. The summed E-state index contributed by atoms with van der Waals surface area (Å²) in [6.07, 6.45) is 1.32. The van der Waals surface area contributed by atoms with E-state index in [0.29, 0.717) is 13.1 Å². The number of hydrogen-bond acceptors (Lipinski definition) is 4. The van der Waals surface area contributed by atoms with Gasteiger partial charge in [0.05, 0.1) is 17.5 Å². The van der Waals surface area contributed by atoms with Gasteiger partial charge in [-0.25, -0.2) is 0 Å². The molecule has 2 rings (SSSR count). The smallest absolute Gasteiger partial charge is 0.303 e. The van der Waals surface area contributed by atoms with Gasteiger partial charge in [0.15, 0.2) is 0 Å². The molecule has 0 unspecified atom stereocenters. The fourth-order valence-corrected chi connectivity index (χ4v) is 2.13. The first-order valence-electron chi connectivity index (χ1n) is 5.70. The summed E-state index contributed by atoms with van der Waals surface area (Å²) in [5.41, 5.74) is 0.105. The van der Waals surface area contributed by atoms with Crippen molar-refractivity contribution in [2.24, 2.45) is 13.0 Å². The molecule has 0 aliphatic carbocycles. The predicted octanol–water partition coefficient (Wildman–Crippen LogP) is 0.480. The Balaban J connectivity index is 2.02. The number of hydrogen-bond donors (Lipinski definition) is 1. The molecule has 0 aromatic carbocycles. The number of nitro groups is 1. The Morgan fingerprint density at radius 1 is 1.53 bits per heavy atom. The van der Waals surface area contributed by atoms with Gasteiger partial charge in [0.25, 0.3) is 11.6 Å². The first-order chi connectivity index (χ1) is 8.88. The second-order valence-electron chi connectivity index (χ2n) is 4.63. The van der Waals surface area contributed by atoms with Crippen molar-refractivity contribution in [3.63, 3.8) is 0 Å². The number of carbonyl (C=O) groups is 2. The number of likely N-dealkylation sites (tertiary alicyclic amines) is 1. The van der Waals surface area contributed by atoms with Crippen molar-refractivity contribution in [3.05, 3.63) is 28.1 Å². The van der Waals surface area contributed by atoms with Gasteiger partial charge in [0.2, 0.25) is 0 Å². The maximum Gasteiger partial charge on any atom is 0.303 e. The second kappa shape index (κ2) is 4.71. The number of aromatic nitrogens is 1. The van der Waals surface area contributed by atoms with Crippen LogP contribution in [0, 0.1) is 16.0 Å². The molecule has 1 fully saturated rings. The van der Waals surface area contributed by atoms with Crippen molar-refractivity contribution in [1.82, 2.24) is 9.47 Å². The van der Waals surface area contributed by atoms with Crippen LogP contribution in [-0.4, -0.2) is 44.5 Å². The average Bonchev–Trinajstić information content (AvgIpc) is 2.64. The van der Waals surface area contributed by atoms with Crippen LogP contribution in [0.1, 0.15) is 16.9 Å². The molecular weight excluding hydrogens is 254 g/mol. The molecule has 1 aliphatic heterocycles. The molecule has 1 aromatic rings. The van der Waals surface area contributed by atoms with Crippen LogP contribution < -0.4 is 0 Å². The van der Waals surface area contributed by atoms with Gasteiger partial charge in [-0.2, -0.15) is 0 Å². The molecule has 2 heterocycles. The Bertz CT molecular complexity index is 545. The molecule has 1 amide bonds. The lowest BCUT2D eigenvalue weighted by atomic mass is 9.96. The van der Waals surface area contributed by atoms with Crippen LogP contribution in [0.15, 0.2) is 12.3 Å². The number of carboxylic acid groups (broad SMARTS) is 1. The van der Waals surface area contributed by atoms with Crippen LogP contribution in [0.4, 0.5) is 5.69 Å². The maximum absolute atomic E-state index is 12.1. The van der Waals surface area contributed by atoms with Gasteiger partial charge < -0.3 is 14.6 Å². The average molecular weight is 267 g/mol. The number of carboxylic acids is 1. The SMILES string of the molecule is Cn1cc([N+](=O)[O-])cc1C(=O)N1CC(CC(=O)O)C1. The molecule has 102 valence electrons. The molecule has 1 saturated heterocycles. The van der Waals surface area contributed by atoms with Gasteiger partial charge in [-0.1, -0.05) is 0 Å². The molecular formula is C11H13N3O5. The van der Waals surface area contributed by atoms with Gasteiger partial charge in [0, 0.05) is 32.1 Å². The highest BCUT2D eigenvalue weighted by Gasteiger charge is 2.34. The van der Waals surface area contributed by atoms with Crippen molar-refractivity contribution in [2.75, 3.05) is 13.1 Å². The van der Waals surface area contributed by atoms with E-state index < -0.39 is 10.9 Å². The minimum atomic E-state index is -0.883. The third-order valence-corrected chi connectivity index (χ3v) is 3.13. The Labute approximate surface area is 108 Å². The summed E-state index contributed by atoms with van der Waals surface area (Å²) < 4.78 is 1.41. The quantitative estimate of drug-likeness (QED) is 0.630. The van der Waals surface area contributed by atoms with Crippen molar-refractivity contribution >= 4 is 17.6 Å². The van der Waals surface area contributed by atoms with E-state index in [0.717, 1.165) is 0 Å². The summed E-state index contributed by atoms with van der Waals surface area (Å²) in [7, 11) is 1.56. The van der Waals surface area contributed by atoms with Gasteiger partial charge >= 0.3 is 5.97 Å². The molecule has 0 bridgehead atoms. The van der Waals surface area contributed by atoms with E-state index in [1.165, 1.54) is 21.7 Å². The fraction of sp³-hybridized carbons (Fsp3) is 0.455. The zero-order valence-electron chi connectivity index (χ0n) is 10.3. The molecule has 8 nitrogen and oxygen atoms in total. The second-order valence-corrected chi connectivity index (χ2v) is 4.63. The van der Waals surface area contributed by atoms with Gasteiger partial charge in [0.1, 0.15) is 5.69 Å². The molecule has 1 aliphatic rings.